The molecular weight excluding hydrogens is 290 g/mol. The Morgan fingerprint density at radius 1 is 1.26 bits per heavy atom. The zero-order valence-corrected chi connectivity index (χ0v) is 13.8. The lowest BCUT2D eigenvalue weighted by Gasteiger charge is -2.27. The zero-order chi connectivity index (χ0) is 17.0. The van der Waals surface area contributed by atoms with E-state index in [1.165, 1.54) is 12.8 Å². The summed E-state index contributed by atoms with van der Waals surface area (Å²) >= 11 is 0. The highest BCUT2D eigenvalue weighted by Crippen LogP contribution is 2.35. The molecule has 1 fully saturated rings. The average molecular weight is 311 g/mol. The van der Waals surface area contributed by atoms with Crippen molar-refractivity contribution in [3.63, 3.8) is 0 Å². The highest BCUT2D eigenvalue weighted by atomic mass is 16.6. The standard InChI is InChI=1S/C18H21N3O2/c1-18(2,3)23-17(22)12-21(11-13-6-7-13)14-8-9-15(19-4)16(10-14)20-5/h8-10,13H,6-7,11-12H2,1-3H3. The SMILES string of the molecule is [C-]#[N+]c1ccc(N(CC(=O)OC(C)(C)C)CC2CC2)cc1[N+]#[C-]. The zero-order valence-electron chi connectivity index (χ0n) is 13.8. The van der Waals surface area contributed by atoms with Crippen LogP contribution in [0.4, 0.5) is 17.1 Å². The molecule has 0 atom stereocenters. The molecule has 0 heterocycles. The van der Waals surface area contributed by atoms with Gasteiger partial charge >= 0.3 is 5.97 Å². The Morgan fingerprint density at radius 2 is 1.91 bits per heavy atom. The minimum absolute atomic E-state index is 0.155. The molecule has 5 heteroatoms. The van der Waals surface area contributed by atoms with Crippen molar-refractivity contribution in [2.24, 2.45) is 5.92 Å². The van der Waals surface area contributed by atoms with Gasteiger partial charge in [-0.05, 0) is 45.6 Å². The largest absolute Gasteiger partial charge is 0.459 e. The number of hydrogen-bond acceptors (Lipinski definition) is 3. The smallest absolute Gasteiger partial charge is 0.326 e. The second-order valence-corrected chi connectivity index (χ2v) is 6.81. The molecule has 0 aromatic heterocycles. The number of ether oxygens (including phenoxy) is 1. The van der Waals surface area contributed by atoms with E-state index in [1.54, 1.807) is 18.2 Å². The summed E-state index contributed by atoms with van der Waals surface area (Å²) in [5, 5.41) is 0. The molecule has 0 aliphatic heterocycles. The summed E-state index contributed by atoms with van der Waals surface area (Å²) in [5.41, 5.74) is 0.939. The van der Waals surface area contributed by atoms with Gasteiger partial charge in [-0.2, -0.15) is 0 Å². The molecule has 120 valence electrons. The first-order valence-electron chi connectivity index (χ1n) is 7.68. The first-order valence-corrected chi connectivity index (χ1v) is 7.68. The van der Waals surface area contributed by atoms with Crippen LogP contribution in [0, 0.1) is 19.1 Å². The maximum absolute atomic E-state index is 12.1. The molecule has 0 bridgehead atoms. The summed E-state index contributed by atoms with van der Waals surface area (Å²) in [6.07, 6.45) is 2.33. The van der Waals surface area contributed by atoms with Gasteiger partial charge in [0, 0.05) is 12.2 Å². The molecule has 1 saturated carbocycles. The monoisotopic (exact) mass is 311 g/mol. The van der Waals surface area contributed by atoms with Crippen molar-refractivity contribution in [3.8, 4) is 0 Å². The minimum atomic E-state index is -0.516. The average Bonchev–Trinajstić information content (AvgIpc) is 3.27. The van der Waals surface area contributed by atoms with Gasteiger partial charge in [0.25, 0.3) is 0 Å². The summed E-state index contributed by atoms with van der Waals surface area (Å²) in [7, 11) is 0. The van der Waals surface area contributed by atoms with Crippen molar-refractivity contribution in [3.05, 3.63) is 41.0 Å². The van der Waals surface area contributed by atoms with Gasteiger partial charge in [-0.3, -0.25) is 14.5 Å². The third kappa shape index (κ3) is 5.00. The van der Waals surface area contributed by atoms with Crippen LogP contribution in [-0.2, 0) is 9.53 Å². The fourth-order valence-electron chi connectivity index (χ4n) is 2.30. The Balaban J connectivity index is 2.20. The molecule has 1 aromatic carbocycles. The summed E-state index contributed by atoms with van der Waals surface area (Å²) in [6.45, 7) is 20.8. The number of hydrogen-bond donors (Lipinski definition) is 0. The quantitative estimate of drug-likeness (QED) is 0.599. The van der Waals surface area contributed by atoms with Gasteiger partial charge in [-0.1, -0.05) is 12.1 Å². The first kappa shape index (κ1) is 16.8. The van der Waals surface area contributed by atoms with E-state index in [-0.39, 0.29) is 12.5 Å². The van der Waals surface area contributed by atoms with Crippen LogP contribution < -0.4 is 4.90 Å². The molecule has 0 radical (unpaired) electrons. The Labute approximate surface area is 137 Å². The van der Waals surface area contributed by atoms with Crippen molar-refractivity contribution in [1.82, 2.24) is 0 Å². The van der Waals surface area contributed by atoms with Crippen LogP contribution in [0.15, 0.2) is 18.2 Å². The summed E-state index contributed by atoms with van der Waals surface area (Å²) in [5.74, 6) is 0.311. The molecule has 0 amide bonds. The van der Waals surface area contributed by atoms with Crippen LogP contribution >= 0.6 is 0 Å². The molecule has 1 aliphatic rings. The van der Waals surface area contributed by atoms with Crippen LogP contribution in [0.3, 0.4) is 0 Å². The van der Waals surface area contributed by atoms with Crippen LogP contribution in [-0.4, -0.2) is 24.7 Å². The topological polar surface area (TPSA) is 38.3 Å². The third-order valence-corrected chi connectivity index (χ3v) is 3.48. The Morgan fingerprint density at radius 3 is 2.43 bits per heavy atom. The van der Waals surface area contributed by atoms with Crippen molar-refractivity contribution in [2.75, 3.05) is 18.0 Å². The van der Waals surface area contributed by atoms with Gasteiger partial charge in [0.15, 0.2) is 11.4 Å². The third-order valence-electron chi connectivity index (χ3n) is 3.48. The lowest BCUT2D eigenvalue weighted by Crippen LogP contribution is -2.36. The highest BCUT2D eigenvalue weighted by Gasteiger charge is 2.27. The number of esters is 1. The second-order valence-electron chi connectivity index (χ2n) is 6.81. The fraction of sp³-hybridized carbons (Fsp3) is 0.500. The van der Waals surface area contributed by atoms with Crippen molar-refractivity contribution in [2.45, 2.75) is 39.2 Å². The molecule has 2 rings (SSSR count). The maximum Gasteiger partial charge on any atom is 0.326 e. The molecule has 5 nitrogen and oxygen atoms in total. The van der Waals surface area contributed by atoms with E-state index < -0.39 is 5.60 Å². The van der Waals surface area contributed by atoms with Crippen LogP contribution in [0.2, 0.25) is 0 Å². The number of rotatable bonds is 5. The van der Waals surface area contributed by atoms with Gasteiger partial charge in [0.1, 0.15) is 12.1 Å². The molecule has 1 aromatic rings. The van der Waals surface area contributed by atoms with E-state index >= 15 is 0 Å². The van der Waals surface area contributed by atoms with Crippen LogP contribution in [0.25, 0.3) is 9.69 Å². The van der Waals surface area contributed by atoms with Gasteiger partial charge in [0.2, 0.25) is 0 Å². The number of carbonyl (C=O) groups excluding carboxylic acids is 1. The molecular formula is C18H21N3O2. The van der Waals surface area contributed by atoms with Crippen molar-refractivity contribution >= 4 is 23.0 Å². The maximum atomic E-state index is 12.1. The van der Waals surface area contributed by atoms with Gasteiger partial charge in [-0.25, -0.2) is 0 Å². The molecule has 0 saturated heterocycles. The first-order chi connectivity index (χ1) is 10.8. The summed E-state index contributed by atoms with van der Waals surface area (Å²) < 4.78 is 5.40. The Bertz CT molecular complexity index is 673. The molecule has 0 spiro atoms. The Kier molecular flexibility index (Phi) is 4.91. The van der Waals surface area contributed by atoms with E-state index in [2.05, 4.69) is 9.69 Å². The molecule has 0 N–H and O–H groups in total. The summed E-state index contributed by atoms with van der Waals surface area (Å²) in [6, 6.07) is 5.13. The number of anilines is 1. The van der Waals surface area contributed by atoms with Crippen molar-refractivity contribution < 1.29 is 9.53 Å². The number of benzene rings is 1. The van der Waals surface area contributed by atoms with Crippen LogP contribution in [0.5, 0.6) is 0 Å². The molecule has 23 heavy (non-hydrogen) atoms. The van der Waals surface area contributed by atoms with E-state index in [0.717, 1.165) is 12.2 Å². The Hall–Kier alpha value is -2.53. The predicted octanol–water partition coefficient (Wildman–Crippen LogP) is 4.35. The normalized spacial score (nSPS) is 13.8. The van der Waals surface area contributed by atoms with E-state index in [9.17, 15) is 4.79 Å². The molecule has 1 aliphatic carbocycles. The number of carbonyl (C=O) groups is 1. The lowest BCUT2D eigenvalue weighted by atomic mass is 10.2. The predicted molar refractivity (Wildman–Crippen MR) is 89.7 cm³/mol. The van der Waals surface area contributed by atoms with Gasteiger partial charge < -0.3 is 9.64 Å². The number of nitrogens with zero attached hydrogens (tertiary/aromatic N) is 3. The van der Waals surface area contributed by atoms with Crippen molar-refractivity contribution in [1.29, 1.82) is 0 Å². The van der Waals surface area contributed by atoms with E-state index in [4.69, 9.17) is 17.9 Å². The van der Waals surface area contributed by atoms with Gasteiger partial charge in [-0.15, -0.1) is 0 Å². The highest BCUT2D eigenvalue weighted by molar-refractivity contribution is 5.79. The lowest BCUT2D eigenvalue weighted by molar-refractivity contribution is -0.153. The second kappa shape index (κ2) is 6.71. The molecule has 0 unspecified atom stereocenters. The minimum Gasteiger partial charge on any atom is -0.459 e. The fourth-order valence-corrected chi connectivity index (χ4v) is 2.30. The summed E-state index contributed by atoms with van der Waals surface area (Å²) in [4.78, 5) is 20.9. The van der Waals surface area contributed by atoms with E-state index in [1.807, 2.05) is 25.7 Å². The van der Waals surface area contributed by atoms with Gasteiger partial charge in [0.05, 0.1) is 13.1 Å². The van der Waals surface area contributed by atoms with Crippen LogP contribution in [0.1, 0.15) is 33.6 Å². The van der Waals surface area contributed by atoms with E-state index in [0.29, 0.717) is 17.3 Å².